The molecule has 8 nitrogen and oxygen atoms in total. The number of pyridine rings is 1. The first-order chi connectivity index (χ1) is 14.6. The predicted octanol–water partition coefficient (Wildman–Crippen LogP) is 4.54. The lowest BCUT2D eigenvalue weighted by molar-refractivity contribution is 0.102. The summed E-state index contributed by atoms with van der Waals surface area (Å²) in [6.45, 7) is 0. The molecule has 30 heavy (non-hydrogen) atoms. The number of hydrogen-bond acceptors (Lipinski definition) is 6. The van der Waals surface area contributed by atoms with Gasteiger partial charge in [-0.05, 0) is 54.6 Å². The van der Waals surface area contributed by atoms with Crippen molar-refractivity contribution in [1.29, 1.82) is 0 Å². The number of hydrogen-bond donors (Lipinski definition) is 3. The van der Waals surface area contributed by atoms with Gasteiger partial charge in [0.2, 0.25) is 5.95 Å². The summed E-state index contributed by atoms with van der Waals surface area (Å²) in [4.78, 5) is 36.8. The van der Waals surface area contributed by atoms with Crippen molar-refractivity contribution in [1.82, 2.24) is 15.0 Å². The Morgan fingerprint density at radius 2 is 1.70 bits per heavy atom. The van der Waals surface area contributed by atoms with Crippen LogP contribution >= 0.6 is 11.8 Å². The Balaban J connectivity index is 1.43. The lowest BCUT2D eigenvalue weighted by Gasteiger charge is -2.07. The molecule has 2 amide bonds. The number of nitrogens with one attached hydrogen (secondary N) is 3. The van der Waals surface area contributed by atoms with E-state index < -0.39 is 6.09 Å². The van der Waals surface area contributed by atoms with E-state index in [1.807, 2.05) is 42.5 Å². The van der Waals surface area contributed by atoms with Gasteiger partial charge in [-0.25, -0.2) is 9.78 Å². The average molecular weight is 419 g/mol. The first-order valence-corrected chi connectivity index (χ1v) is 9.76. The lowest BCUT2D eigenvalue weighted by atomic mass is 10.2. The maximum atomic E-state index is 12.2. The maximum absolute atomic E-state index is 12.2. The molecule has 4 rings (SSSR count). The van der Waals surface area contributed by atoms with Crippen molar-refractivity contribution >= 4 is 46.4 Å². The van der Waals surface area contributed by atoms with Crippen LogP contribution in [-0.2, 0) is 4.74 Å². The number of nitrogens with zero attached hydrogens (tertiary/aromatic N) is 2. The highest BCUT2D eigenvalue weighted by atomic mass is 32.2. The van der Waals surface area contributed by atoms with E-state index in [2.05, 4.69) is 30.3 Å². The van der Waals surface area contributed by atoms with E-state index in [1.54, 1.807) is 36.3 Å². The van der Waals surface area contributed by atoms with Gasteiger partial charge in [0, 0.05) is 33.4 Å². The van der Waals surface area contributed by atoms with Crippen molar-refractivity contribution in [2.24, 2.45) is 0 Å². The number of ether oxygens (including phenoxy) is 1. The summed E-state index contributed by atoms with van der Waals surface area (Å²) in [5.74, 6) is 0.146. The van der Waals surface area contributed by atoms with Crippen LogP contribution in [0.15, 0.2) is 76.8 Å². The minimum Gasteiger partial charge on any atom is -0.453 e. The molecule has 3 N–H and O–H groups in total. The highest BCUT2D eigenvalue weighted by Gasteiger charge is 2.09. The number of methoxy groups -OCH3 is 1. The molecule has 0 radical (unpaired) electrons. The van der Waals surface area contributed by atoms with Crippen LogP contribution < -0.4 is 10.6 Å². The van der Waals surface area contributed by atoms with Gasteiger partial charge in [-0.15, -0.1) is 0 Å². The van der Waals surface area contributed by atoms with Crippen molar-refractivity contribution in [2.45, 2.75) is 9.79 Å². The Morgan fingerprint density at radius 1 is 0.967 bits per heavy atom. The van der Waals surface area contributed by atoms with E-state index in [-0.39, 0.29) is 5.91 Å². The number of fused-ring (bicyclic) bond motifs is 1. The fourth-order valence-corrected chi connectivity index (χ4v) is 3.57. The number of carbonyl (C=O) groups excluding carboxylic acids is 2. The Bertz CT molecular complexity index is 1190. The van der Waals surface area contributed by atoms with Crippen molar-refractivity contribution in [3.8, 4) is 0 Å². The van der Waals surface area contributed by atoms with Crippen LogP contribution in [0.2, 0.25) is 0 Å². The standard InChI is InChI=1S/C21H17N5O3S/c1-29-21(28)26-20-24-17-7-6-16(12-18(17)25-20)30-15-4-2-14(3-5-15)23-19(27)13-8-10-22-11-9-13/h2-12H,1H3,(H,23,27)(H2,24,25,26,28). The molecule has 150 valence electrons. The lowest BCUT2D eigenvalue weighted by Crippen LogP contribution is -2.11. The molecule has 0 spiro atoms. The van der Waals surface area contributed by atoms with Crippen molar-refractivity contribution in [3.05, 3.63) is 72.6 Å². The molecule has 9 heteroatoms. The van der Waals surface area contributed by atoms with Gasteiger partial charge < -0.3 is 15.0 Å². The van der Waals surface area contributed by atoms with E-state index in [4.69, 9.17) is 0 Å². The van der Waals surface area contributed by atoms with Crippen LogP contribution in [-0.4, -0.2) is 34.1 Å². The summed E-state index contributed by atoms with van der Waals surface area (Å²) >= 11 is 1.57. The number of aromatic amines is 1. The Morgan fingerprint density at radius 3 is 2.43 bits per heavy atom. The van der Waals surface area contributed by atoms with Crippen molar-refractivity contribution < 1.29 is 14.3 Å². The number of benzene rings is 2. The molecule has 0 bridgehead atoms. The van der Waals surface area contributed by atoms with Gasteiger partial charge in [-0.1, -0.05) is 11.8 Å². The van der Waals surface area contributed by atoms with Gasteiger partial charge in [0.05, 0.1) is 18.1 Å². The van der Waals surface area contributed by atoms with Gasteiger partial charge in [0.1, 0.15) is 0 Å². The minimum absolute atomic E-state index is 0.182. The van der Waals surface area contributed by atoms with Crippen LogP contribution in [0, 0.1) is 0 Å². The first kappa shape index (κ1) is 19.5. The number of amides is 2. The predicted molar refractivity (Wildman–Crippen MR) is 115 cm³/mol. The summed E-state index contributed by atoms with van der Waals surface area (Å²) in [5.41, 5.74) is 2.80. The minimum atomic E-state index is -0.584. The Labute approximate surface area is 176 Å². The van der Waals surface area contributed by atoms with E-state index in [0.717, 1.165) is 20.8 Å². The summed E-state index contributed by atoms with van der Waals surface area (Å²) < 4.78 is 4.57. The number of anilines is 2. The molecule has 0 unspecified atom stereocenters. The molecule has 0 saturated heterocycles. The van der Waals surface area contributed by atoms with Crippen LogP contribution in [0.25, 0.3) is 11.0 Å². The molecule has 0 fully saturated rings. The zero-order valence-corrected chi connectivity index (χ0v) is 16.7. The van der Waals surface area contributed by atoms with Crippen LogP contribution in [0.5, 0.6) is 0 Å². The molecule has 0 aliphatic carbocycles. The largest absolute Gasteiger partial charge is 0.453 e. The summed E-state index contributed by atoms with van der Waals surface area (Å²) in [6, 6.07) is 16.7. The maximum Gasteiger partial charge on any atom is 0.413 e. The third-order valence-corrected chi connectivity index (χ3v) is 5.15. The van der Waals surface area contributed by atoms with Crippen LogP contribution in [0.3, 0.4) is 0 Å². The Hall–Kier alpha value is -3.85. The fraction of sp³-hybridized carbons (Fsp3) is 0.0476. The normalized spacial score (nSPS) is 10.6. The summed E-state index contributed by atoms with van der Waals surface area (Å²) in [6.07, 6.45) is 2.58. The molecule has 2 aromatic heterocycles. The number of aromatic nitrogens is 3. The number of imidazole rings is 1. The quantitative estimate of drug-likeness (QED) is 0.438. The summed E-state index contributed by atoms with van der Waals surface area (Å²) in [7, 11) is 1.29. The van der Waals surface area contributed by atoms with Crippen LogP contribution in [0.4, 0.5) is 16.4 Å². The zero-order valence-electron chi connectivity index (χ0n) is 15.9. The Kier molecular flexibility index (Phi) is 5.62. The van der Waals surface area contributed by atoms with Gasteiger partial charge in [-0.2, -0.15) is 0 Å². The number of carbonyl (C=O) groups is 2. The number of rotatable bonds is 5. The van der Waals surface area contributed by atoms with Gasteiger partial charge in [-0.3, -0.25) is 15.1 Å². The van der Waals surface area contributed by atoms with Crippen LogP contribution in [0.1, 0.15) is 10.4 Å². The van der Waals surface area contributed by atoms with Gasteiger partial charge in [0.15, 0.2) is 0 Å². The van der Waals surface area contributed by atoms with Crippen molar-refractivity contribution in [2.75, 3.05) is 17.7 Å². The molecular formula is C21H17N5O3S. The second-order valence-corrected chi connectivity index (χ2v) is 7.34. The second kappa shape index (κ2) is 8.66. The monoisotopic (exact) mass is 419 g/mol. The smallest absolute Gasteiger partial charge is 0.413 e. The van der Waals surface area contributed by atoms with E-state index in [9.17, 15) is 9.59 Å². The van der Waals surface area contributed by atoms with Gasteiger partial charge in [0.25, 0.3) is 5.91 Å². The van der Waals surface area contributed by atoms with Crippen molar-refractivity contribution in [3.63, 3.8) is 0 Å². The third-order valence-electron chi connectivity index (χ3n) is 4.15. The fourth-order valence-electron chi connectivity index (χ4n) is 2.71. The SMILES string of the molecule is COC(=O)Nc1nc2ccc(Sc3ccc(NC(=O)c4ccncc4)cc3)cc2[nH]1. The molecule has 2 heterocycles. The molecule has 0 atom stereocenters. The van der Waals surface area contributed by atoms with E-state index in [0.29, 0.717) is 17.2 Å². The molecule has 4 aromatic rings. The summed E-state index contributed by atoms with van der Waals surface area (Å²) in [5, 5.41) is 5.37. The van der Waals surface area contributed by atoms with Gasteiger partial charge >= 0.3 is 6.09 Å². The zero-order chi connectivity index (χ0) is 20.9. The molecule has 0 aliphatic rings. The molecule has 0 saturated carbocycles. The molecular weight excluding hydrogens is 402 g/mol. The van der Waals surface area contributed by atoms with E-state index in [1.165, 1.54) is 7.11 Å². The molecule has 0 aliphatic heterocycles. The second-order valence-electron chi connectivity index (χ2n) is 6.20. The first-order valence-electron chi connectivity index (χ1n) is 8.95. The van der Waals surface area contributed by atoms with E-state index >= 15 is 0 Å². The highest BCUT2D eigenvalue weighted by Crippen LogP contribution is 2.30. The third kappa shape index (κ3) is 4.58. The number of H-pyrrole nitrogens is 1. The topological polar surface area (TPSA) is 109 Å². The average Bonchev–Trinajstić information content (AvgIpc) is 3.17. The molecule has 2 aromatic carbocycles. The highest BCUT2D eigenvalue weighted by molar-refractivity contribution is 7.99.